The van der Waals surface area contributed by atoms with Crippen LogP contribution in [0.2, 0.25) is 0 Å². The molecule has 0 unspecified atom stereocenters. The van der Waals surface area contributed by atoms with Crippen LogP contribution in [0.4, 0.5) is 5.69 Å². The number of benzene rings is 2. The summed E-state index contributed by atoms with van der Waals surface area (Å²) in [5.74, 6) is 0.175. The Balaban J connectivity index is 1.86. The monoisotopic (exact) mass is 426 g/mol. The number of rotatable bonds is 5. The van der Waals surface area contributed by atoms with E-state index < -0.39 is 10.0 Å². The van der Waals surface area contributed by atoms with Crippen LogP contribution in [0.25, 0.3) is 11.3 Å². The van der Waals surface area contributed by atoms with Crippen LogP contribution in [-0.2, 0) is 16.4 Å². The molecule has 0 bridgehead atoms. The van der Waals surface area contributed by atoms with Crippen molar-refractivity contribution in [2.45, 2.75) is 36.0 Å². The summed E-state index contributed by atoms with van der Waals surface area (Å²) in [7, 11) is -3.39. The number of H-pyrrole nitrogens is 1. The molecule has 7 heteroatoms. The van der Waals surface area contributed by atoms with Crippen molar-refractivity contribution in [2.75, 3.05) is 11.0 Å². The van der Waals surface area contributed by atoms with Gasteiger partial charge in [0.15, 0.2) is 5.78 Å². The molecular weight excluding hydrogens is 404 g/mol. The highest BCUT2D eigenvalue weighted by molar-refractivity contribution is 7.99. The van der Waals surface area contributed by atoms with E-state index in [0.29, 0.717) is 12.1 Å². The first-order valence-electron chi connectivity index (χ1n) is 9.41. The maximum Gasteiger partial charge on any atom is 0.229 e. The van der Waals surface area contributed by atoms with E-state index in [1.165, 1.54) is 0 Å². The number of hydrogen-bond donors (Lipinski definition) is 2. The van der Waals surface area contributed by atoms with Crippen molar-refractivity contribution in [1.29, 1.82) is 0 Å². The van der Waals surface area contributed by atoms with Gasteiger partial charge >= 0.3 is 0 Å². The van der Waals surface area contributed by atoms with Crippen molar-refractivity contribution in [3.05, 3.63) is 65.4 Å². The van der Waals surface area contributed by atoms with Gasteiger partial charge in [0.1, 0.15) is 0 Å². The molecule has 0 radical (unpaired) electrons. The van der Waals surface area contributed by atoms with Gasteiger partial charge in [0.2, 0.25) is 10.0 Å². The van der Waals surface area contributed by atoms with Gasteiger partial charge in [-0.05, 0) is 55.7 Å². The van der Waals surface area contributed by atoms with E-state index in [0.717, 1.165) is 57.0 Å². The number of anilines is 1. The molecule has 0 saturated carbocycles. The number of nitrogens with one attached hydrogen (secondary N) is 2. The average Bonchev–Trinajstić information content (AvgIpc) is 3.00. The highest BCUT2D eigenvalue weighted by Gasteiger charge is 2.26. The second kappa shape index (κ2) is 7.72. The molecule has 1 aromatic heterocycles. The van der Waals surface area contributed by atoms with Gasteiger partial charge in [-0.3, -0.25) is 9.52 Å². The van der Waals surface area contributed by atoms with Crippen LogP contribution in [-0.4, -0.2) is 25.4 Å². The largest absolute Gasteiger partial charge is 0.358 e. The fourth-order valence-corrected chi connectivity index (χ4v) is 5.30. The Morgan fingerprint density at radius 1 is 1.07 bits per heavy atom. The highest BCUT2D eigenvalue weighted by atomic mass is 32.2. The van der Waals surface area contributed by atoms with Gasteiger partial charge in [-0.1, -0.05) is 30.0 Å². The second-order valence-electron chi connectivity index (χ2n) is 7.26. The van der Waals surface area contributed by atoms with Gasteiger partial charge in [-0.15, -0.1) is 0 Å². The summed E-state index contributed by atoms with van der Waals surface area (Å²) in [6, 6.07) is 15.6. The van der Waals surface area contributed by atoms with Crippen molar-refractivity contribution < 1.29 is 13.2 Å². The summed E-state index contributed by atoms with van der Waals surface area (Å²) in [5.41, 5.74) is 5.00. The van der Waals surface area contributed by atoms with E-state index in [1.54, 1.807) is 17.8 Å². The molecule has 2 N–H and O–H groups in total. The molecule has 2 aromatic carbocycles. The van der Waals surface area contributed by atoms with Gasteiger partial charge in [-0.25, -0.2) is 8.42 Å². The maximum atomic E-state index is 12.5. The number of aryl methyl sites for hydroxylation is 1. The Bertz CT molecular complexity index is 1180. The molecule has 0 saturated heterocycles. The molecule has 29 heavy (non-hydrogen) atoms. The summed E-state index contributed by atoms with van der Waals surface area (Å²) < 4.78 is 26.0. The molecule has 0 spiro atoms. The summed E-state index contributed by atoms with van der Waals surface area (Å²) in [5, 5.41) is 0. The fraction of sp³-hybridized carbons (Fsp3) is 0.227. The molecule has 1 aliphatic rings. The predicted molar refractivity (Wildman–Crippen MR) is 117 cm³/mol. The van der Waals surface area contributed by atoms with Gasteiger partial charge in [0, 0.05) is 38.7 Å². The third kappa shape index (κ3) is 4.26. The normalized spacial score (nSPS) is 13.9. The first kappa shape index (κ1) is 19.8. The Morgan fingerprint density at radius 2 is 1.83 bits per heavy atom. The fourth-order valence-electron chi connectivity index (χ4n) is 3.79. The quantitative estimate of drug-likeness (QED) is 0.600. The number of fused-ring (bicyclic) bond motifs is 1. The van der Waals surface area contributed by atoms with Gasteiger partial charge in [-0.2, -0.15) is 0 Å². The van der Waals surface area contributed by atoms with Crippen molar-refractivity contribution in [2.24, 2.45) is 0 Å². The van der Waals surface area contributed by atoms with Crippen molar-refractivity contribution in [3.8, 4) is 11.3 Å². The van der Waals surface area contributed by atoms with E-state index >= 15 is 0 Å². The number of Topliss-reactive ketones (excluding diaryl/α,β-unsaturated/α-hetero) is 1. The molecule has 0 atom stereocenters. The first-order chi connectivity index (χ1) is 13.8. The lowest BCUT2D eigenvalue weighted by Crippen LogP contribution is -2.10. The van der Waals surface area contributed by atoms with E-state index in [4.69, 9.17) is 0 Å². The molecule has 5 nitrogen and oxygen atoms in total. The number of aromatic amines is 1. The summed E-state index contributed by atoms with van der Waals surface area (Å²) in [6.45, 7) is 1.92. The van der Waals surface area contributed by atoms with E-state index in [2.05, 4.69) is 9.71 Å². The van der Waals surface area contributed by atoms with Crippen molar-refractivity contribution in [1.82, 2.24) is 4.98 Å². The summed E-state index contributed by atoms with van der Waals surface area (Å²) in [4.78, 5) is 18.0. The number of carbonyl (C=O) groups is 1. The van der Waals surface area contributed by atoms with Crippen LogP contribution in [0.5, 0.6) is 0 Å². The zero-order valence-electron chi connectivity index (χ0n) is 16.3. The SMILES string of the molecule is Cc1[nH]c(-c2cc(NS(C)(=O)=O)ccc2Sc2ccccc2)c2c1C(=O)CCC2. The lowest BCUT2D eigenvalue weighted by atomic mass is 9.89. The van der Waals surface area contributed by atoms with Crippen molar-refractivity contribution in [3.63, 3.8) is 0 Å². The van der Waals surface area contributed by atoms with Crippen LogP contribution >= 0.6 is 11.8 Å². The Hall–Kier alpha value is -2.51. The third-order valence-electron chi connectivity index (χ3n) is 4.92. The topological polar surface area (TPSA) is 79.0 Å². The predicted octanol–water partition coefficient (Wildman–Crippen LogP) is 5.03. The maximum absolute atomic E-state index is 12.5. The smallest absolute Gasteiger partial charge is 0.229 e. The standard InChI is InChI=1S/C22H22N2O3S2/c1-14-21-17(9-6-10-19(21)25)22(23-14)18-13-15(24-29(2,26)27)11-12-20(18)28-16-7-4-3-5-8-16/h3-5,7-8,11-13,23-24H,6,9-10H2,1-2H3. The Kier molecular flexibility index (Phi) is 5.27. The minimum absolute atomic E-state index is 0.175. The third-order valence-corrected chi connectivity index (χ3v) is 6.61. The zero-order valence-corrected chi connectivity index (χ0v) is 17.9. The average molecular weight is 427 g/mol. The Morgan fingerprint density at radius 3 is 2.55 bits per heavy atom. The van der Waals surface area contributed by atoms with Crippen LogP contribution in [0.15, 0.2) is 58.3 Å². The second-order valence-corrected chi connectivity index (χ2v) is 10.1. The molecule has 3 aromatic rings. The molecule has 1 aliphatic carbocycles. The molecule has 4 rings (SSSR count). The van der Waals surface area contributed by atoms with Crippen LogP contribution < -0.4 is 4.72 Å². The zero-order chi connectivity index (χ0) is 20.6. The number of ketones is 1. The van der Waals surface area contributed by atoms with E-state index in [9.17, 15) is 13.2 Å². The molecule has 0 aliphatic heterocycles. The molecule has 0 amide bonds. The minimum atomic E-state index is -3.39. The highest BCUT2D eigenvalue weighted by Crippen LogP contribution is 2.41. The van der Waals surface area contributed by atoms with E-state index in [-0.39, 0.29) is 5.78 Å². The first-order valence-corrected chi connectivity index (χ1v) is 12.1. The molecule has 1 heterocycles. The molecule has 150 valence electrons. The number of sulfonamides is 1. The number of aromatic nitrogens is 1. The summed E-state index contributed by atoms with van der Waals surface area (Å²) >= 11 is 1.61. The van der Waals surface area contributed by atoms with E-state index in [1.807, 2.05) is 49.4 Å². The van der Waals surface area contributed by atoms with Gasteiger partial charge < -0.3 is 4.98 Å². The Labute approximate surface area is 175 Å². The minimum Gasteiger partial charge on any atom is -0.358 e. The van der Waals surface area contributed by atoms with Crippen LogP contribution in [0.1, 0.15) is 34.5 Å². The number of carbonyl (C=O) groups excluding carboxylic acids is 1. The van der Waals surface area contributed by atoms with Crippen LogP contribution in [0, 0.1) is 6.92 Å². The van der Waals surface area contributed by atoms with Crippen LogP contribution in [0.3, 0.4) is 0 Å². The van der Waals surface area contributed by atoms with Gasteiger partial charge in [0.05, 0.1) is 11.9 Å². The van der Waals surface area contributed by atoms with Crippen molar-refractivity contribution >= 4 is 33.3 Å². The van der Waals surface area contributed by atoms with Gasteiger partial charge in [0.25, 0.3) is 0 Å². The lowest BCUT2D eigenvalue weighted by Gasteiger charge is -2.16. The summed E-state index contributed by atoms with van der Waals surface area (Å²) in [6.07, 6.45) is 3.38. The molecular formula is C22H22N2O3S2. The molecule has 0 fully saturated rings. The lowest BCUT2D eigenvalue weighted by molar-refractivity contribution is 0.0972. The number of hydrogen-bond acceptors (Lipinski definition) is 4.